The van der Waals surface area contributed by atoms with E-state index in [1.807, 2.05) is 0 Å². The number of hydrogen-bond acceptors (Lipinski definition) is 5. The van der Waals surface area contributed by atoms with E-state index in [1.54, 1.807) is 11.8 Å². The Morgan fingerprint density at radius 3 is 3.00 bits per heavy atom. The minimum Gasteiger partial charge on any atom is -0.381 e. The summed E-state index contributed by atoms with van der Waals surface area (Å²) >= 11 is 1.78. The number of nitrogens with zero attached hydrogens (tertiary/aromatic N) is 3. The predicted octanol–water partition coefficient (Wildman–Crippen LogP) is 1.21. The van der Waals surface area contributed by atoms with E-state index < -0.39 is 0 Å². The molecular formula is C10H16N4OS. The quantitative estimate of drug-likeness (QED) is 0.799. The second-order valence-electron chi connectivity index (χ2n) is 4.40. The highest BCUT2D eigenvalue weighted by atomic mass is 32.2. The fourth-order valence-corrected chi connectivity index (χ4v) is 3.02. The Labute approximate surface area is 98.9 Å². The first kappa shape index (κ1) is 10.4. The molecule has 2 aliphatic heterocycles. The van der Waals surface area contributed by atoms with Crippen LogP contribution in [0.1, 0.15) is 31.5 Å². The zero-order valence-electron chi connectivity index (χ0n) is 9.35. The van der Waals surface area contributed by atoms with Crippen molar-refractivity contribution in [1.29, 1.82) is 0 Å². The van der Waals surface area contributed by atoms with E-state index in [2.05, 4.69) is 27.2 Å². The monoisotopic (exact) mass is 240 g/mol. The first-order valence-electron chi connectivity index (χ1n) is 5.77. The van der Waals surface area contributed by atoms with Gasteiger partial charge in [-0.05, 0) is 19.8 Å². The maximum atomic E-state index is 5.38. The number of ether oxygens (including phenoxy) is 1. The molecular weight excluding hydrogens is 224 g/mol. The highest BCUT2D eigenvalue weighted by molar-refractivity contribution is 7.99. The summed E-state index contributed by atoms with van der Waals surface area (Å²) in [7, 11) is 0. The van der Waals surface area contributed by atoms with Gasteiger partial charge in [-0.2, -0.15) is 0 Å². The van der Waals surface area contributed by atoms with Gasteiger partial charge in [0.25, 0.3) is 0 Å². The minimum absolute atomic E-state index is 0.479. The van der Waals surface area contributed by atoms with Crippen LogP contribution in [-0.4, -0.2) is 39.9 Å². The number of hydrogen-bond donors (Lipinski definition) is 1. The van der Waals surface area contributed by atoms with Gasteiger partial charge in [-0.3, -0.25) is 0 Å². The molecule has 3 heterocycles. The summed E-state index contributed by atoms with van der Waals surface area (Å²) in [5.41, 5.74) is 3.44. The molecule has 1 fully saturated rings. The summed E-state index contributed by atoms with van der Waals surface area (Å²) in [4.78, 5) is 0. The van der Waals surface area contributed by atoms with Gasteiger partial charge in [0.2, 0.25) is 5.16 Å². The molecule has 5 nitrogen and oxygen atoms in total. The molecule has 0 aromatic carbocycles. The molecule has 6 heteroatoms. The molecule has 1 saturated heterocycles. The van der Waals surface area contributed by atoms with Crippen LogP contribution in [-0.2, 0) is 4.74 Å². The molecule has 3 rings (SSSR count). The lowest BCUT2D eigenvalue weighted by Gasteiger charge is -2.26. The molecule has 0 radical (unpaired) electrons. The van der Waals surface area contributed by atoms with Gasteiger partial charge in [0.1, 0.15) is 0 Å². The topological polar surface area (TPSA) is 52.0 Å². The van der Waals surface area contributed by atoms with Gasteiger partial charge >= 0.3 is 0 Å². The van der Waals surface area contributed by atoms with Crippen molar-refractivity contribution in [2.24, 2.45) is 0 Å². The van der Waals surface area contributed by atoms with Crippen LogP contribution in [0.15, 0.2) is 5.16 Å². The largest absolute Gasteiger partial charge is 0.381 e. The van der Waals surface area contributed by atoms with Crippen LogP contribution < -0.4 is 5.43 Å². The maximum absolute atomic E-state index is 5.38. The second-order valence-corrected chi connectivity index (χ2v) is 5.39. The zero-order chi connectivity index (χ0) is 11.0. The summed E-state index contributed by atoms with van der Waals surface area (Å²) in [6.07, 6.45) is 2.11. The van der Waals surface area contributed by atoms with Crippen molar-refractivity contribution >= 4 is 11.8 Å². The molecule has 1 atom stereocenters. The van der Waals surface area contributed by atoms with Gasteiger partial charge < -0.3 is 10.2 Å². The first-order chi connectivity index (χ1) is 7.84. The molecule has 2 aliphatic rings. The van der Waals surface area contributed by atoms with Crippen molar-refractivity contribution in [1.82, 2.24) is 14.9 Å². The highest BCUT2D eigenvalue weighted by Gasteiger charge is 2.26. The molecule has 1 unspecified atom stereocenters. The van der Waals surface area contributed by atoms with Gasteiger partial charge in [-0.15, -0.1) is 10.2 Å². The lowest BCUT2D eigenvalue weighted by molar-refractivity contribution is 0.0828. The Bertz CT molecular complexity index is 375. The van der Waals surface area contributed by atoms with Crippen LogP contribution in [0.25, 0.3) is 0 Å². The van der Waals surface area contributed by atoms with Gasteiger partial charge in [-0.1, -0.05) is 11.8 Å². The van der Waals surface area contributed by atoms with Crippen LogP contribution in [0, 0.1) is 0 Å². The Morgan fingerprint density at radius 2 is 2.19 bits per heavy atom. The van der Waals surface area contributed by atoms with Gasteiger partial charge in [0.05, 0.1) is 0 Å². The van der Waals surface area contributed by atoms with Crippen LogP contribution in [0.2, 0.25) is 0 Å². The van der Waals surface area contributed by atoms with Crippen LogP contribution >= 0.6 is 11.8 Å². The van der Waals surface area contributed by atoms with E-state index in [1.165, 1.54) is 0 Å². The average Bonchev–Trinajstić information content (AvgIpc) is 2.73. The third kappa shape index (κ3) is 1.80. The molecule has 0 saturated carbocycles. The third-order valence-corrected chi connectivity index (χ3v) is 4.25. The third-order valence-electron chi connectivity index (χ3n) is 3.06. The van der Waals surface area contributed by atoms with E-state index in [0.29, 0.717) is 12.0 Å². The molecule has 0 spiro atoms. The molecule has 1 aromatic heterocycles. The molecule has 16 heavy (non-hydrogen) atoms. The van der Waals surface area contributed by atoms with Crippen molar-refractivity contribution in [2.75, 3.05) is 24.4 Å². The molecule has 0 bridgehead atoms. The van der Waals surface area contributed by atoms with Crippen molar-refractivity contribution in [2.45, 2.75) is 36.9 Å². The normalized spacial score (nSPS) is 26.2. The minimum atomic E-state index is 0.479. The number of thioether (sulfide) groups is 1. The first-order valence-corrected chi connectivity index (χ1v) is 6.75. The van der Waals surface area contributed by atoms with Crippen LogP contribution in [0.5, 0.6) is 0 Å². The van der Waals surface area contributed by atoms with E-state index in [-0.39, 0.29) is 0 Å². The SMILES string of the molecule is CC1CSc2nnc(C3CCOCC3)n2N1. The Balaban J connectivity index is 1.86. The fraction of sp³-hybridized carbons (Fsp3) is 0.800. The maximum Gasteiger partial charge on any atom is 0.210 e. The lowest BCUT2D eigenvalue weighted by Crippen LogP contribution is -2.34. The van der Waals surface area contributed by atoms with Gasteiger partial charge in [0.15, 0.2) is 5.82 Å². The van der Waals surface area contributed by atoms with Gasteiger partial charge in [0, 0.05) is 30.9 Å². The Kier molecular flexibility index (Phi) is 2.77. The van der Waals surface area contributed by atoms with Crippen LogP contribution in [0.3, 0.4) is 0 Å². The molecule has 0 aliphatic carbocycles. The molecule has 0 amide bonds. The summed E-state index contributed by atoms with van der Waals surface area (Å²) < 4.78 is 7.46. The summed E-state index contributed by atoms with van der Waals surface area (Å²) in [5, 5.41) is 9.57. The zero-order valence-corrected chi connectivity index (χ0v) is 10.2. The second kappa shape index (κ2) is 4.25. The Morgan fingerprint density at radius 1 is 1.38 bits per heavy atom. The molecule has 1 N–H and O–H groups in total. The molecule has 88 valence electrons. The smallest absolute Gasteiger partial charge is 0.210 e. The average molecular weight is 240 g/mol. The van der Waals surface area contributed by atoms with E-state index in [0.717, 1.165) is 42.8 Å². The number of nitrogens with one attached hydrogen (secondary N) is 1. The van der Waals surface area contributed by atoms with E-state index in [9.17, 15) is 0 Å². The van der Waals surface area contributed by atoms with Crippen molar-refractivity contribution in [3.8, 4) is 0 Å². The van der Waals surface area contributed by atoms with E-state index in [4.69, 9.17) is 4.74 Å². The summed E-state index contributed by atoms with van der Waals surface area (Å²) in [6.45, 7) is 3.87. The summed E-state index contributed by atoms with van der Waals surface area (Å²) in [6, 6.07) is 0.479. The predicted molar refractivity (Wildman–Crippen MR) is 62.4 cm³/mol. The van der Waals surface area contributed by atoms with Crippen molar-refractivity contribution < 1.29 is 4.74 Å². The van der Waals surface area contributed by atoms with Crippen molar-refractivity contribution in [3.05, 3.63) is 5.82 Å². The lowest BCUT2D eigenvalue weighted by atomic mass is 10.00. The van der Waals surface area contributed by atoms with Crippen LogP contribution in [0.4, 0.5) is 0 Å². The van der Waals surface area contributed by atoms with Crippen molar-refractivity contribution in [3.63, 3.8) is 0 Å². The number of fused-ring (bicyclic) bond motifs is 1. The Hall–Kier alpha value is -0.750. The van der Waals surface area contributed by atoms with Gasteiger partial charge in [-0.25, -0.2) is 4.68 Å². The standard InChI is InChI=1S/C10H16N4OS/c1-7-6-16-10-12-11-9(14(10)13-7)8-2-4-15-5-3-8/h7-8,13H,2-6H2,1H3. The highest BCUT2D eigenvalue weighted by Crippen LogP contribution is 2.29. The molecule has 1 aromatic rings. The number of aromatic nitrogens is 3. The number of rotatable bonds is 1. The fourth-order valence-electron chi connectivity index (χ4n) is 2.17. The summed E-state index contributed by atoms with van der Waals surface area (Å²) in [5.74, 6) is 2.64. The van der Waals surface area contributed by atoms with E-state index >= 15 is 0 Å².